The molecule has 12 heteroatoms. The minimum atomic E-state index is -1.00. The standard InChI is InChI=1S/C20H15F2N7O3/c21-10-1-4-12(13(22)6-10)18(30)27-15-7-16(24-11-2-3-11)29-17(26-15)9(8-23-29)5-14-19(31)28-20(32)25-14/h1,4-8,11,31H,2-3H2,(H,27,30)(H2,25,28,32)/b9-5-,24-16?. The molecular weight excluding hydrogens is 424 g/mol. The second kappa shape index (κ2) is 7.41. The zero-order chi connectivity index (χ0) is 22.4. The summed E-state index contributed by atoms with van der Waals surface area (Å²) in [6, 6.07) is 4.26. The Labute approximate surface area is 177 Å². The smallest absolute Gasteiger partial charge is 0.326 e. The van der Waals surface area contributed by atoms with Crippen molar-refractivity contribution in [1.29, 1.82) is 0 Å². The van der Waals surface area contributed by atoms with Crippen molar-refractivity contribution in [2.75, 3.05) is 5.32 Å². The Morgan fingerprint density at radius 3 is 2.78 bits per heavy atom. The number of rotatable bonds is 4. The average molecular weight is 439 g/mol. The van der Waals surface area contributed by atoms with E-state index in [9.17, 15) is 23.5 Å². The third kappa shape index (κ3) is 3.73. The lowest BCUT2D eigenvalue weighted by Gasteiger charge is -2.06. The van der Waals surface area contributed by atoms with Gasteiger partial charge in [-0.25, -0.2) is 18.6 Å². The molecule has 1 amide bonds. The van der Waals surface area contributed by atoms with E-state index >= 15 is 0 Å². The number of benzene rings is 1. The fourth-order valence-corrected chi connectivity index (χ4v) is 3.12. The van der Waals surface area contributed by atoms with E-state index in [4.69, 9.17) is 0 Å². The number of aromatic nitrogens is 5. The van der Waals surface area contributed by atoms with Crippen LogP contribution in [0.5, 0.6) is 5.88 Å². The molecule has 0 spiro atoms. The van der Waals surface area contributed by atoms with E-state index in [1.54, 1.807) is 0 Å². The zero-order valence-corrected chi connectivity index (χ0v) is 16.3. The SMILES string of the molecule is O=C(Nc1cc(=NC2CC2)n2nc/c(=C/c3[nH]c(=O)[nH]c3O)c2n1)c1ccc(F)cc1F. The first-order valence-electron chi connectivity index (χ1n) is 9.59. The maximum Gasteiger partial charge on any atom is 0.326 e. The van der Waals surface area contributed by atoms with Crippen molar-refractivity contribution in [1.82, 2.24) is 24.6 Å². The van der Waals surface area contributed by atoms with Crippen molar-refractivity contribution in [3.05, 3.63) is 74.5 Å². The van der Waals surface area contributed by atoms with Gasteiger partial charge in [0.1, 0.15) is 23.1 Å². The number of amides is 1. The van der Waals surface area contributed by atoms with Gasteiger partial charge in [-0.05, 0) is 31.1 Å². The molecule has 1 fully saturated rings. The molecule has 0 unspecified atom stereocenters. The van der Waals surface area contributed by atoms with Gasteiger partial charge in [-0.1, -0.05) is 0 Å². The number of carbonyl (C=O) groups excluding carboxylic acids is 1. The van der Waals surface area contributed by atoms with Gasteiger partial charge in [0.05, 0.1) is 17.8 Å². The van der Waals surface area contributed by atoms with Crippen molar-refractivity contribution in [3.8, 4) is 5.88 Å². The molecule has 1 saturated carbocycles. The number of anilines is 1. The van der Waals surface area contributed by atoms with Crippen LogP contribution in [0, 0.1) is 11.6 Å². The van der Waals surface area contributed by atoms with Gasteiger partial charge in [-0.3, -0.25) is 14.8 Å². The van der Waals surface area contributed by atoms with Crippen LogP contribution in [0.25, 0.3) is 11.7 Å². The molecular formula is C20H15F2N7O3. The van der Waals surface area contributed by atoms with Crippen molar-refractivity contribution in [2.45, 2.75) is 18.9 Å². The van der Waals surface area contributed by atoms with Gasteiger partial charge in [0.2, 0.25) is 5.88 Å². The molecule has 10 nitrogen and oxygen atoms in total. The highest BCUT2D eigenvalue weighted by Gasteiger charge is 2.21. The minimum absolute atomic E-state index is 0.0764. The van der Waals surface area contributed by atoms with E-state index < -0.39 is 23.2 Å². The maximum absolute atomic E-state index is 14.0. The fourth-order valence-electron chi connectivity index (χ4n) is 3.12. The first-order chi connectivity index (χ1) is 15.4. The number of imidazole rings is 1. The van der Waals surface area contributed by atoms with Gasteiger partial charge in [-0.15, -0.1) is 0 Å². The monoisotopic (exact) mass is 439 g/mol. The Morgan fingerprint density at radius 1 is 1.28 bits per heavy atom. The molecule has 162 valence electrons. The quantitative estimate of drug-likeness (QED) is 0.369. The molecule has 0 radical (unpaired) electrons. The van der Waals surface area contributed by atoms with Crippen LogP contribution in [0.4, 0.5) is 14.6 Å². The van der Waals surface area contributed by atoms with E-state index in [1.807, 2.05) is 0 Å². The third-order valence-corrected chi connectivity index (χ3v) is 4.79. The van der Waals surface area contributed by atoms with E-state index in [0.29, 0.717) is 16.8 Å². The number of nitrogens with zero attached hydrogens (tertiary/aromatic N) is 4. The van der Waals surface area contributed by atoms with Crippen LogP contribution in [0.3, 0.4) is 0 Å². The highest BCUT2D eigenvalue weighted by Crippen LogP contribution is 2.22. The normalized spacial score (nSPS) is 14.9. The molecule has 3 heterocycles. The molecule has 0 saturated heterocycles. The Kier molecular flexibility index (Phi) is 4.54. The lowest BCUT2D eigenvalue weighted by atomic mass is 10.2. The molecule has 5 rings (SSSR count). The van der Waals surface area contributed by atoms with Crippen LogP contribution >= 0.6 is 0 Å². The van der Waals surface area contributed by atoms with Crippen LogP contribution in [-0.4, -0.2) is 41.6 Å². The number of nitrogens with one attached hydrogen (secondary N) is 3. The predicted molar refractivity (Wildman–Crippen MR) is 108 cm³/mol. The number of aromatic hydroxyl groups is 1. The highest BCUT2D eigenvalue weighted by atomic mass is 19.1. The highest BCUT2D eigenvalue weighted by molar-refractivity contribution is 6.04. The van der Waals surface area contributed by atoms with Crippen LogP contribution < -0.4 is 21.7 Å². The Bertz CT molecular complexity index is 1550. The zero-order valence-electron chi connectivity index (χ0n) is 16.3. The van der Waals surface area contributed by atoms with Crippen LogP contribution in [0.2, 0.25) is 0 Å². The molecule has 4 N–H and O–H groups in total. The summed E-state index contributed by atoms with van der Waals surface area (Å²) in [5.41, 5.74) is -0.113. The lowest BCUT2D eigenvalue weighted by molar-refractivity contribution is 0.102. The van der Waals surface area contributed by atoms with E-state index in [-0.39, 0.29) is 34.6 Å². The third-order valence-electron chi connectivity index (χ3n) is 4.79. The summed E-state index contributed by atoms with van der Waals surface area (Å²) in [6.07, 6.45) is 4.76. The summed E-state index contributed by atoms with van der Waals surface area (Å²) in [4.78, 5) is 37.5. The number of aromatic amines is 2. The maximum atomic E-state index is 14.0. The van der Waals surface area contributed by atoms with Gasteiger partial charge in [0.15, 0.2) is 11.1 Å². The first-order valence-corrected chi connectivity index (χ1v) is 9.59. The fraction of sp³-hybridized carbons (Fsp3) is 0.150. The number of hydrogen-bond acceptors (Lipinski definition) is 6. The van der Waals surface area contributed by atoms with Crippen LogP contribution in [0.15, 0.2) is 40.2 Å². The summed E-state index contributed by atoms with van der Waals surface area (Å²) in [6.45, 7) is 0. The molecule has 0 bridgehead atoms. The summed E-state index contributed by atoms with van der Waals surface area (Å²) in [5.74, 6) is -2.89. The average Bonchev–Trinajstić information content (AvgIpc) is 3.36. The second-order valence-corrected chi connectivity index (χ2v) is 7.26. The number of H-pyrrole nitrogens is 2. The molecule has 32 heavy (non-hydrogen) atoms. The van der Waals surface area contributed by atoms with Gasteiger partial charge in [-0.2, -0.15) is 9.61 Å². The molecule has 1 aliphatic rings. The number of halogens is 2. The van der Waals surface area contributed by atoms with Gasteiger partial charge >= 0.3 is 5.69 Å². The Hall–Kier alpha value is -4.35. The van der Waals surface area contributed by atoms with Crippen LogP contribution in [-0.2, 0) is 0 Å². The van der Waals surface area contributed by atoms with Crippen molar-refractivity contribution >= 4 is 23.4 Å². The molecule has 0 aliphatic heterocycles. The number of hydrogen-bond donors (Lipinski definition) is 4. The Balaban J connectivity index is 1.62. The molecule has 1 aliphatic carbocycles. The summed E-state index contributed by atoms with van der Waals surface area (Å²) < 4.78 is 28.6. The van der Waals surface area contributed by atoms with Crippen molar-refractivity contribution in [3.63, 3.8) is 0 Å². The molecule has 3 aromatic heterocycles. The predicted octanol–water partition coefficient (Wildman–Crippen LogP) is 0.593. The van der Waals surface area contributed by atoms with Crippen molar-refractivity contribution < 1.29 is 18.7 Å². The van der Waals surface area contributed by atoms with Gasteiger partial charge in [0, 0.05) is 17.4 Å². The summed E-state index contributed by atoms with van der Waals surface area (Å²) >= 11 is 0. The molecule has 4 aromatic rings. The van der Waals surface area contributed by atoms with Gasteiger partial charge in [0.25, 0.3) is 5.91 Å². The van der Waals surface area contributed by atoms with Crippen LogP contribution in [0.1, 0.15) is 28.9 Å². The first kappa shape index (κ1) is 19.6. The molecule has 0 atom stereocenters. The number of fused-ring (bicyclic) bond motifs is 1. The van der Waals surface area contributed by atoms with Gasteiger partial charge < -0.3 is 15.4 Å². The van der Waals surface area contributed by atoms with Crippen molar-refractivity contribution in [2.24, 2.45) is 4.99 Å². The Morgan fingerprint density at radius 2 is 2.09 bits per heavy atom. The topological polar surface area (TPSA) is 141 Å². The van der Waals surface area contributed by atoms with E-state index in [1.165, 1.54) is 22.9 Å². The van der Waals surface area contributed by atoms with E-state index in [2.05, 4.69) is 30.4 Å². The van der Waals surface area contributed by atoms with E-state index in [0.717, 1.165) is 25.0 Å². The minimum Gasteiger partial charge on any atom is -0.493 e. The number of carbonyl (C=O) groups is 1. The largest absolute Gasteiger partial charge is 0.493 e. The molecule has 1 aromatic carbocycles. The summed E-state index contributed by atoms with van der Waals surface area (Å²) in [5, 5.41) is 17.0. The second-order valence-electron chi connectivity index (χ2n) is 7.26. The lowest BCUT2D eigenvalue weighted by Crippen LogP contribution is -2.22. The summed E-state index contributed by atoms with van der Waals surface area (Å²) in [7, 11) is 0.